The quantitative estimate of drug-likeness (QED) is 0.593. The first-order chi connectivity index (χ1) is 8.63. The Balaban J connectivity index is 2.28. The van der Waals surface area contributed by atoms with Gasteiger partial charge in [0, 0.05) is 24.1 Å². The molecular weight excluding hydrogens is 301 g/mol. The van der Waals surface area contributed by atoms with E-state index in [0.29, 0.717) is 22.3 Å². The van der Waals surface area contributed by atoms with Crippen LogP contribution in [0, 0.1) is 11.2 Å². The molecule has 1 saturated heterocycles. The summed E-state index contributed by atoms with van der Waals surface area (Å²) >= 11 is 3.21. The van der Waals surface area contributed by atoms with Crippen LogP contribution in [0.1, 0.15) is 24.8 Å². The van der Waals surface area contributed by atoms with Crippen LogP contribution in [0.25, 0.3) is 0 Å². The van der Waals surface area contributed by atoms with Crippen LogP contribution in [-0.4, -0.2) is 19.0 Å². The lowest BCUT2D eigenvalue weighted by Crippen LogP contribution is -2.27. The van der Waals surface area contributed by atoms with E-state index in [9.17, 15) is 4.39 Å². The molecule has 0 bridgehead atoms. The molecule has 1 unspecified atom stereocenters. The van der Waals surface area contributed by atoms with Crippen LogP contribution in [0.4, 0.5) is 15.8 Å². The Morgan fingerprint density at radius 3 is 2.94 bits per heavy atom. The van der Waals surface area contributed by atoms with E-state index in [0.717, 1.165) is 25.5 Å². The Morgan fingerprint density at radius 1 is 1.56 bits per heavy atom. The lowest BCUT2D eigenvalue weighted by atomic mass is 10.1. The summed E-state index contributed by atoms with van der Waals surface area (Å²) in [5, 5.41) is 10.5. The van der Waals surface area contributed by atoms with E-state index in [1.165, 1.54) is 6.07 Å². The first-order valence-electron chi connectivity index (χ1n) is 5.79. The van der Waals surface area contributed by atoms with Crippen LogP contribution in [0.5, 0.6) is 0 Å². The van der Waals surface area contributed by atoms with Crippen LogP contribution < -0.4 is 11.1 Å². The van der Waals surface area contributed by atoms with Gasteiger partial charge in [-0.3, -0.25) is 0 Å². The van der Waals surface area contributed by atoms with Crippen molar-refractivity contribution < 1.29 is 9.13 Å². The van der Waals surface area contributed by atoms with Crippen molar-refractivity contribution >= 4 is 33.5 Å². The van der Waals surface area contributed by atoms with E-state index in [2.05, 4.69) is 21.2 Å². The number of halogens is 2. The smallest absolute Gasteiger partial charge is 0.149 e. The third-order valence-electron chi connectivity index (χ3n) is 2.93. The number of benzene rings is 1. The van der Waals surface area contributed by atoms with Crippen LogP contribution in [0.2, 0.25) is 0 Å². The zero-order valence-electron chi connectivity index (χ0n) is 9.80. The highest BCUT2D eigenvalue weighted by Gasteiger charge is 2.18. The third-order valence-corrected chi connectivity index (χ3v) is 3.79. The van der Waals surface area contributed by atoms with Crippen LogP contribution in [-0.2, 0) is 4.74 Å². The summed E-state index contributed by atoms with van der Waals surface area (Å²) in [7, 11) is 0. The van der Waals surface area contributed by atoms with Crippen molar-refractivity contribution in [2.24, 2.45) is 0 Å². The molecule has 98 valence electrons. The molecule has 18 heavy (non-hydrogen) atoms. The molecule has 1 aromatic carbocycles. The van der Waals surface area contributed by atoms with Gasteiger partial charge in [0.25, 0.3) is 0 Å². The first kappa shape index (κ1) is 13.3. The molecule has 1 atom stereocenters. The standard InChI is InChI=1S/C12H15BrFN3O/c13-11-7(6-15)9(5-8(14)12(11)16)17-10-3-1-2-4-18-10/h5-6,10,15,17H,1-4,16H2. The van der Waals surface area contributed by atoms with Crippen LogP contribution in [0.3, 0.4) is 0 Å². The maximum absolute atomic E-state index is 13.6. The molecule has 0 aromatic heterocycles. The van der Waals surface area contributed by atoms with Crippen LogP contribution in [0.15, 0.2) is 10.5 Å². The highest BCUT2D eigenvalue weighted by atomic mass is 79.9. The predicted molar refractivity (Wildman–Crippen MR) is 73.6 cm³/mol. The van der Waals surface area contributed by atoms with Gasteiger partial charge in [0.15, 0.2) is 0 Å². The fourth-order valence-corrected chi connectivity index (χ4v) is 2.46. The molecule has 0 amide bonds. The summed E-state index contributed by atoms with van der Waals surface area (Å²) in [4.78, 5) is 0. The van der Waals surface area contributed by atoms with Gasteiger partial charge in [-0.1, -0.05) is 0 Å². The summed E-state index contributed by atoms with van der Waals surface area (Å²) in [5.41, 5.74) is 6.65. The fraction of sp³-hybridized carbons (Fsp3) is 0.417. The highest BCUT2D eigenvalue weighted by molar-refractivity contribution is 9.10. The van der Waals surface area contributed by atoms with E-state index in [4.69, 9.17) is 15.9 Å². The number of ether oxygens (including phenoxy) is 1. The number of nitrogens with one attached hydrogen (secondary N) is 2. The van der Waals surface area contributed by atoms with Crippen molar-refractivity contribution in [1.82, 2.24) is 0 Å². The molecule has 0 radical (unpaired) electrons. The molecule has 2 rings (SSSR count). The molecule has 4 nitrogen and oxygen atoms in total. The van der Waals surface area contributed by atoms with Crippen molar-refractivity contribution in [1.29, 1.82) is 5.41 Å². The van der Waals surface area contributed by atoms with Gasteiger partial charge in [-0.25, -0.2) is 4.39 Å². The summed E-state index contributed by atoms with van der Waals surface area (Å²) in [5.74, 6) is -0.509. The number of hydrogen-bond acceptors (Lipinski definition) is 4. The minimum Gasteiger partial charge on any atom is -0.395 e. The monoisotopic (exact) mass is 315 g/mol. The lowest BCUT2D eigenvalue weighted by molar-refractivity contribution is 0.0343. The van der Waals surface area contributed by atoms with Gasteiger partial charge in [-0.2, -0.15) is 0 Å². The average Bonchev–Trinajstić information content (AvgIpc) is 2.38. The summed E-state index contributed by atoms with van der Waals surface area (Å²) in [6.45, 7) is 0.705. The molecule has 1 aliphatic rings. The number of nitrogens with two attached hydrogens (primary N) is 1. The normalized spacial score (nSPS) is 19.6. The molecule has 0 saturated carbocycles. The molecule has 6 heteroatoms. The lowest BCUT2D eigenvalue weighted by Gasteiger charge is -2.25. The van der Waals surface area contributed by atoms with E-state index >= 15 is 0 Å². The maximum Gasteiger partial charge on any atom is 0.149 e. The Morgan fingerprint density at radius 2 is 2.33 bits per heavy atom. The summed E-state index contributed by atoms with van der Waals surface area (Å²) in [6, 6.07) is 1.30. The van der Waals surface area contributed by atoms with Crippen molar-refractivity contribution in [3.8, 4) is 0 Å². The average molecular weight is 316 g/mol. The third kappa shape index (κ3) is 2.64. The largest absolute Gasteiger partial charge is 0.395 e. The van der Waals surface area contributed by atoms with Crippen LogP contribution >= 0.6 is 15.9 Å². The van der Waals surface area contributed by atoms with Gasteiger partial charge in [0.1, 0.15) is 12.0 Å². The van der Waals surface area contributed by atoms with Crippen molar-refractivity contribution in [2.45, 2.75) is 25.5 Å². The Kier molecular flexibility index (Phi) is 4.19. The van der Waals surface area contributed by atoms with E-state index in [-0.39, 0.29) is 11.9 Å². The minimum atomic E-state index is -0.509. The van der Waals surface area contributed by atoms with Crippen molar-refractivity contribution in [2.75, 3.05) is 17.7 Å². The Bertz CT molecular complexity index is 461. The summed E-state index contributed by atoms with van der Waals surface area (Å²) < 4.78 is 19.5. The predicted octanol–water partition coefficient (Wildman–Crippen LogP) is 3.11. The molecule has 0 spiro atoms. The van der Waals surface area contributed by atoms with Gasteiger partial charge in [-0.15, -0.1) is 0 Å². The van der Waals surface area contributed by atoms with E-state index < -0.39 is 5.82 Å². The second kappa shape index (κ2) is 5.67. The minimum absolute atomic E-state index is 0.0172. The maximum atomic E-state index is 13.6. The highest BCUT2D eigenvalue weighted by Crippen LogP contribution is 2.32. The number of nitrogen functional groups attached to an aromatic ring is 1. The van der Waals surface area contributed by atoms with Gasteiger partial charge < -0.3 is 21.2 Å². The van der Waals surface area contributed by atoms with Gasteiger partial charge in [-0.05, 0) is 41.3 Å². The zero-order valence-corrected chi connectivity index (χ0v) is 11.4. The van der Waals surface area contributed by atoms with Gasteiger partial charge >= 0.3 is 0 Å². The Labute approximate surface area is 113 Å². The molecule has 1 fully saturated rings. The molecule has 1 aliphatic heterocycles. The number of rotatable bonds is 3. The SMILES string of the molecule is N=Cc1c(NC2CCCCO2)cc(F)c(N)c1Br. The van der Waals surface area contributed by atoms with Crippen molar-refractivity contribution in [3.63, 3.8) is 0 Å². The topological polar surface area (TPSA) is 71.1 Å². The number of anilines is 2. The van der Waals surface area contributed by atoms with E-state index in [1.807, 2.05) is 0 Å². The summed E-state index contributed by atoms with van der Waals surface area (Å²) in [6.07, 6.45) is 4.02. The molecular formula is C12H15BrFN3O. The molecule has 4 N–H and O–H groups in total. The molecule has 1 heterocycles. The van der Waals surface area contributed by atoms with Gasteiger partial charge in [0.2, 0.25) is 0 Å². The Hall–Kier alpha value is -1.14. The zero-order chi connectivity index (χ0) is 13.1. The molecule has 0 aliphatic carbocycles. The number of hydrogen-bond donors (Lipinski definition) is 3. The second-order valence-corrected chi connectivity index (χ2v) is 4.98. The van der Waals surface area contributed by atoms with Crippen molar-refractivity contribution in [3.05, 3.63) is 21.9 Å². The molecule has 1 aromatic rings. The second-order valence-electron chi connectivity index (χ2n) is 4.19. The van der Waals surface area contributed by atoms with Gasteiger partial charge in [0.05, 0.1) is 10.2 Å². The fourth-order valence-electron chi connectivity index (χ4n) is 1.94. The first-order valence-corrected chi connectivity index (χ1v) is 6.59. The van der Waals surface area contributed by atoms with E-state index in [1.54, 1.807) is 0 Å².